The van der Waals surface area contributed by atoms with Crippen molar-refractivity contribution in [3.8, 4) is 33.4 Å². The van der Waals surface area contributed by atoms with Crippen LogP contribution < -0.4 is 4.90 Å². The Balaban J connectivity index is 1.15. The summed E-state index contributed by atoms with van der Waals surface area (Å²) in [6.07, 6.45) is 0. The van der Waals surface area contributed by atoms with Crippen LogP contribution in [0.4, 0.5) is 17.1 Å². The van der Waals surface area contributed by atoms with Gasteiger partial charge in [0.05, 0.1) is 13.7 Å². The van der Waals surface area contributed by atoms with E-state index in [2.05, 4.69) is 29.2 Å². The van der Waals surface area contributed by atoms with E-state index >= 15 is 0 Å². The molecule has 0 amide bonds. The highest BCUT2D eigenvalue weighted by atomic mass is 16.3. The maximum Gasteiger partial charge on any atom is 0.143 e. The highest BCUT2D eigenvalue weighted by molar-refractivity contribution is 6.19. The Morgan fingerprint density at radius 1 is 0.396 bits per heavy atom. The molecule has 0 spiro atoms. The van der Waals surface area contributed by atoms with Crippen LogP contribution in [-0.4, -0.2) is 0 Å². The van der Waals surface area contributed by atoms with Crippen molar-refractivity contribution in [2.75, 3.05) is 4.90 Å². The zero-order valence-corrected chi connectivity index (χ0v) is 25.5. The van der Waals surface area contributed by atoms with Crippen molar-refractivity contribution in [2.45, 2.75) is 0 Å². The van der Waals surface area contributed by atoms with Crippen LogP contribution in [0.15, 0.2) is 192 Å². The predicted octanol–water partition coefficient (Wildman–Crippen LogP) is 13.2. The zero-order valence-electron chi connectivity index (χ0n) is 35.5. The Bertz CT molecular complexity index is 3050. The van der Waals surface area contributed by atoms with Gasteiger partial charge in [0.25, 0.3) is 0 Å². The lowest BCUT2D eigenvalue weighted by Gasteiger charge is -2.26. The Morgan fingerprint density at radius 2 is 0.938 bits per heavy atom. The van der Waals surface area contributed by atoms with E-state index in [9.17, 15) is 0 Å². The largest absolute Gasteiger partial charge is 0.455 e. The van der Waals surface area contributed by atoms with Crippen LogP contribution in [0, 0.1) is 0 Å². The number of fused-ring (bicyclic) bond motifs is 5. The molecule has 2 nitrogen and oxygen atoms in total. The Hall–Kier alpha value is -6.38. The zero-order chi connectivity index (χ0) is 40.6. The highest BCUT2D eigenvalue weighted by Crippen LogP contribution is 2.42. The first-order chi connectivity index (χ1) is 27.9. The van der Waals surface area contributed by atoms with E-state index in [1.165, 1.54) is 0 Å². The molecule has 9 aromatic rings. The molecule has 8 aromatic carbocycles. The van der Waals surface area contributed by atoms with Crippen LogP contribution in [0.1, 0.15) is 13.7 Å². The van der Waals surface area contributed by atoms with Crippen LogP contribution in [0.2, 0.25) is 0 Å². The lowest BCUT2D eigenvalue weighted by Crippen LogP contribution is -2.09. The smallest absolute Gasteiger partial charge is 0.143 e. The summed E-state index contributed by atoms with van der Waals surface area (Å²) >= 11 is 0. The molecule has 9 rings (SSSR count). The van der Waals surface area contributed by atoms with E-state index in [1.807, 2.05) is 78.9 Å². The van der Waals surface area contributed by atoms with Gasteiger partial charge < -0.3 is 9.32 Å². The van der Waals surface area contributed by atoms with Gasteiger partial charge in [-0.1, -0.05) is 133 Å². The second-order valence-electron chi connectivity index (χ2n) is 11.4. The number of benzene rings is 8. The van der Waals surface area contributed by atoms with Crippen LogP contribution in [0.3, 0.4) is 0 Å². The van der Waals surface area contributed by atoms with E-state index in [1.54, 1.807) is 24.3 Å². The average molecular weight is 624 g/mol. The van der Waals surface area contributed by atoms with Gasteiger partial charge in [-0.25, -0.2) is 0 Å². The van der Waals surface area contributed by atoms with E-state index < -0.39 is 12.1 Å². The van der Waals surface area contributed by atoms with Crippen LogP contribution in [0.5, 0.6) is 0 Å². The minimum atomic E-state index is -0.437. The summed E-state index contributed by atoms with van der Waals surface area (Å²) in [5.41, 5.74) is 7.06. The quantitative estimate of drug-likeness (QED) is 0.183. The van der Waals surface area contributed by atoms with Gasteiger partial charge in [-0.3, -0.25) is 0 Å². The van der Waals surface area contributed by atoms with Gasteiger partial charge >= 0.3 is 0 Å². The standard InChI is InChI=1S/C46H31NO/c1-4-12-32(13-5-1)34-20-25-38(26-21-34)47(37-16-8-3-9-17-37)39-27-22-35(23-28-39)42-31-44-43-30-36(33-14-6-2-7-15-33)24-29-45(43)48-46(44)41-19-11-10-18-40(41)42/h1-31H/i1D,2D,4D,5D,6D,7D,12D,13D,14D,15D. The van der Waals surface area contributed by atoms with Crippen molar-refractivity contribution in [1.82, 2.24) is 0 Å². The molecule has 226 valence electrons. The first kappa shape index (κ1) is 19.3. The topological polar surface area (TPSA) is 16.4 Å². The maximum atomic E-state index is 8.57. The van der Waals surface area contributed by atoms with Gasteiger partial charge in [0, 0.05) is 33.2 Å². The highest BCUT2D eigenvalue weighted by Gasteiger charge is 2.17. The van der Waals surface area contributed by atoms with E-state index in [-0.39, 0.29) is 59.5 Å². The maximum absolute atomic E-state index is 8.57. The van der Waals surface area contributed by atoms with Gasteiger partial charge in [-0.05, 0) is 93.4 Å². The molecule has 0 aliphatic rings. The SMILES string of the molecule is [2H]c1c([2H])c([2H])c(-c2ccc(N(c3ccccc3)c3ccc(-c4cc5c6cc(-c7c([2H])c([2H])c([2H])c([2H])c7[2H])ccc6oc5c5ccccc45)cc3)cc2)c([2H])c1[2H]. The van der Waals surface area contributed by atoms with Gasteiger partial charge in [0.1, 0.15) is 11.2 Å². The van der Waals surface area contributed by atoms with Crippen LogP contribution >= 0.6 is 0 Å². The summed E-state index contributed by atoms with van der Waals surface area (Å²) < 4.78 is 89.2. The molecule has 0 atom stereocenters. The number of anilines is 3. The molecule has 0 bridgehead atoms. The Morgan fingerprint density at radius 3 is 1.60 bits per heavy atom. The molecular weight excluding hydrogens is 583 g/mol. The van der Waals surface area contributed by atoms with Crippen molar-refractivity contribution < 1.29 is 18.1 Å². The summed E-state index contributed by atoms with van der Waals surface area (Å²) in [5, 5.41) is 3.47. The number of rotatable bonds is 6. The Kier molecular flexibility index (Phi) is 4.74. The molecule has 0 unspecified atom stereocenters. The first-order valence-electron chi connectivity index (χ1n) is 20.5. The van der Waals surface area contributed by atoms with Gasteiger partial charge in [-0.2, -0.15) is 0 Å². The van der Waals surface area contributed by atoms with Gasteiger partial charge in [0.15, 0.2) is 0 Å². The third kappa shape index (κ3) is 4.92. The molecule has 0 saturated heterocycles. The second kappa shape index (κ2) is 11.8. The normalized spacial score (nSPS) is 14.2. The molecule has 0 fully saturated rings. The number of para-hydroxylation sites is 1. The molecule has 48 heavy (non-hydrogen) atoms. The van der Waals surface area contributed by atoms with E-state index in [4.69, 9.17) is 18.1 Å². The summed E-state index contributed by atoms with van der Waals surface area (Å²) in [6, 6.07) is 37.3. The fraction of sp³-hybridized carbons (Fsp3) is 0. The predicted molar refractivity (Wildman–Crippen MR) is 202 cm³/mol. The Labute approximate surface area is 293 Å². The summed E-state index contributed by atoms with van der Waals surface area (Å²) in [7, 11) is 0. The summed E-state index contributed by atoms with van der Waals surface area (Å²) in [6.45, 7) is 0. The molecule has 0 aliphatic carbocycles. The summed E-state index contributed by atoms with van der Waals surface area (Å²) in [4.78, 5) is 2.08. The lowest BCUT2D eigenvalue weighted by molar-refractivity contribution is 0.673. The molecular formula is C46H31NO. The lowest BCUT2D eigenvalue weighted by atomic mass is 9.94. The monoisotopic (exact) mass is 623 g/mol. The number of hydrogen-bond donors (Lipinski definition) is 0. The number of nitrogens with zero attached hydrogens (tertiary/aromatic N) is 1. The van der Waals surface area contributed by atoms with Crippen molar-refractivity contribution in [3.63, 3.8) is 0 Å². The average Bonchev–Trinajstić information content (AvgIpc) is 3.63. The molecule has 0 N–H and O–H groups in total. The fourth-order valence-corrected chi connectivity index (χ4v) is 6.37. The summed E-state index contributed by atoms with van der Waals surface area (Å²) in [5.74, 6) is 0. The van der Waals surface area contributed by atoms with E-state index in [0.717, 1.165) is 49.7 Å². The van der Waals surface area contributed by atoms with Crippen LogP contribution in [0.25, 0.3) is 66.1 Å². The fourth-order valence-electron chi connectivity index (χ4n) is 6.37. The van der Waals surface area contributed by atoms with Crippen LogP contribution in [-0.2, 0) is 0 Å². The molecule has 0 radical (unpaired) electrons. The molecule has 1 aromatic heterocycles. The minimum absolute atomic E-state index is 0.130. The van der Waals surface area contributed by atoms with Crippen molar-refractivity contribution in [1.29, 1.82) is 0 Å². The molecule has 2 heteroatoms. The second-order valence-corrected chi connectivity index (χ2v) is 11.4. The molecule has 0 saturated carbocycles. The van der Waals surface area contributed by atoms with Gasteiger partial charge in [0.2, 0.25) is 0 Å². The van der Waals surface area contributed by atoms with Crippen molar-refractivity contribution in [2.24, 2.45) is 0 Å². The third-order valence-electron chi connectivity index (χ3n) is 8.63. The van der Waals surface area contributed by atoms with Crippen molar-refractivity contribution >= 4 is 49.8 Å². The van der Waals surface area contributed by atoms with E-state index in [0.29, 0.717) is 22.3 Å². The van der Waals surface area contributed by atoms with Crippen molar-refractivity contribution in [3.05, 3.63) is 188 Å². The minimum Gasteiger partial charge on any atom is -0.455 e. The molecule has 1 heterocycles. The third-order valence-corrected chi connectivity index (χ3v) is 8.63. The molecule has 0 aliphatic heterocycles. The number of hydrogen-bond acceptors (Lipinski definition) is 2. The van der Waals surface area contributed by atoms with Gasteiger partial charge in [-0.15, -0.1) is 0 Å². The number of furan rings is 1. The first-order valence-corrected chi connectivity index (χ1v) is 15.5.